The van der Waals surface area contributed by atoms with Crippen molar-refractivity contribution in [1.29, 1.82) is 0 Å². The Morgan fingerprint density at radius 2 is 1.15 bits per heavy atom. The lowest BCUT2D eigenvalue weighted by Gasteiger charge is -2.42. The molecule has 240 valence electrons. The molecule has 0 spiro atoms. The number of rotatable bonds is 5. The number of fused-ring (bicyclic) bond motifs is 6. The van der Waals surface area contributed by atoms with E-state index in [-0.39, 0.29) is 22.7 Å². The lowest BCUT2D eigenvalue weighted by Crippen LogP contribution is -2.41. The highest BCUT2D eigenvalue weighted by Gasteiger charge is 2.46. The van der Waals surface area contributed by atoms with Crippen molar-refractivity contribution in [3.63, 3.8) is 0 Å². The van der Waals surface area contributed by atoms with E-state index in [1.807, 2.05) is 12.1 Å². The van der Waals surface area contributed by atoms with Crippen LogP contribution in [0.1, 0.15) is 80.7 Å². The molecule has 0 radical (unpaired) electrons. The number of carbonyl (C=O) groups excluding carboxylic acids is 1. The molecule has 0 N–H and O–H groups in total. The van der Waals surface area contributed by atoms with Crippen LogP contribution in [0.3, 0.4) is 0 Å². The summed E-state index contributed by atoms with van der Waals surface area (Å²) in [6.45, 7) is 12.3. The molecule has 0 bridgehead atoms. The quantitative estimate of drug-likeness (QED) is 0.181. The third-order valence-electron chi connectivity index (χ3n) is 10.9. The van der Waals surface area contributed by atoms with Crippen LogP contribution in [0, 0.1) is 5.41 Å². The predicted molar refractivity (Wildman–Crippen MR) is 196 cm³/mol. The number of hydrogen-bond donors (Lipinski definition) is 0. The van der Waals surface area contributed by atoms with Gasteiger partial charge in [0.1, 0.15) is 12.0 Å². The first kappa shape index (κ1) is 30.4. The van der Waals surface area contributed by atoms with Crippen LogP contribution >= 0.6 is 0 Å². The Balaban J connectivity index is 1.27. The van der Waals surface area contributed by atoms with Crippen LogP contribution in [0.4, 0.5) is 5.69 Å². The maximum Gasteiger partial charge on any atom is 0.318 e. The maximum atomic E-state index is 14.8. The summed E-state index contributed by atoms with van der Waals surface area (Å²) < 4.78 is 7.04. The van der Waals surface area contributed by atoms with Crippen molar-refractivity contribution in [1.82, 2.24) is 0 Å². The Hall–Kier alpha value is -4.89. The van der Waals surface area contributed by atoms with Gasteiger partial charge >= 0.3 is 5.97 Å². The van der Waals surface area contributed by atoms with E-state index >= 15 is 0 Å². The minimum Gasteiger partial charge on any atom is -0.456 e. The average molecular weight is 630 g/mol. The fourth-order valence-corrected chi connectivity index (χ4v) is 8.20. The number of esters is 1. The molecular weight excluding hydrogens is 587 g/mol. The summed E-state index contributed by atoms with van der Waals surface area (Å²) in [5.41, 5.74) is 12.7. The van der Waals surface area contributed by atoms with Gasteiger partial charge in [0, 0.05) is 18.4 Å². The largest absolute Gasteiger partial charge is 0.456 e. The van der Waals surface area contributed by atoms with Gasteiger partial charge in [-0.15, -0.1) is 0 Å². The summed E-state index contributed by atoms with van der Waals surface area (Å²) in [6.07, 6.45) is 2.75. The molecule has 1 atom stereocenters. The van der Waals surface area contributed by atoms with Crippen LogP contribution in [0.15, 0.2) is 133 Å². The molecule has 1 unspecified atom stereocenters. The molecule has 0 fully saturated rings. The van der Waals surface area contributed by atoms with E-state index in [0.29, 0.717) is 0 Å². The van der Waals surface area contributed by atoms with Crippen LogP contribution < -0.4 is 4.90 Å². The highest BCUT2D eigenvalue weighted by Crippen LogP contribution is 2.53. The summed E-state index contributed by atoms with van der Waals surface area (Å²) in [4.78, 5) is 17.2. The van der Waals surface area contributed by atoms with E-state index < -0.39 is 12.0 Å². The average Bonchev–Trinajstić information content (AvgIpc) is 3.60. The van der Waals surface area contributed by atoms with Gasteiger partial charge in [0.05, 0.1) is 5.92 Å². The number of anilines is 1. The molecule has 0 amide bonds. The molecule has 3 heteroatoms. The molecule has 5 aromatic rings. The van der Waals surface area contributed by atoms with Crippen LogP contribution in [0.2, 0.25) is 0 Å². The zero-order chi connectivity index (χ0) is 33.2. The van der Waals surface area contributed by atoms with E-state index in [9.17, 15) is 4.79 Å². The molecule has 3 nitrogen and oxygen atoms in total. The monoisotopic (exact) mass is 629 g/mol. The van der Waals surface area contributed by atoms with Gasteiger partial charge in [-0.3, -0.25) is 4.79 Å². The van der Waals surface area contributed by atoms with Gasteiger partial charge in [-0.25, -0.2) is 0 Å². The minimum absolute atomic E-state index is 0.0868. The Kier molecular flexibility index (Phi) is 7.21. The van der Waals surface area contributed by atoms with Gasteiger partial charge < -0.3 is 9.64 Å². The van der Waals surface area contributed by atoms with Crippen molar-refractivity contribution >= 4 is 11.7 Å². The second-order valence-electron chi connectivity index (χ2n) is 15.3. The first-order valence-corrected chi connectivity index (χ1v) is 17.3. The van der Waals surface area contributed by atoms with Crippen LogP contribution in [0.25, 0.3) is 22.3 Å². The molecule has 1 heterocycles. The van der Waals surface area contributed by atoms with Gasteiger partial charge in [-0.05, 0) is 85.0 Å². The van der Waals surface area contributed by atoms with E-state index in [2.05, 4.69) is 155 Å². The second-order valence-corrected chi connectivity index (χ2v) is 15.3. The standard InChI is InChI=1S/C45H43NO2/c1-44(2,3)29-22-24-30(25-23-29)46-27-26-45(4,5)39(28-46)42(40-35-18-10-6-14-31(35)32-15-7-11-19-36(32)40)48-43(47)41-37-20-12-8-16-33(37)34-17-9-13-21-38(34)41/h6-25,28,40-42H,26-27H2,1-5H3. The lowest BCUT2D eigenvalue weighted by molar-refractivity contribution is -0.149. The van der Waals surface area contributed by atoms with Gasteiger partial charge in [0.2, 0.25) is 0 Å². The SMILES string of the molecule is CC1(C)CCN(c2ccc(C(C)(C)C)cc2)C=C1C(OC(=O)C1c2ccccc2-c2ccccc21)C1c2ccccc2-c2ccccc21. The summed E-state index contributed by atoms with van der Waals surface area (Å²) in [6, 6.07) is 42.9. The van der Waals surface area contributed by atoms with E-state index in [1.165, 1.54) is 27.8 Å². The molecule has 1 aliphatic heterocycles. The number of benzene rings is 5. The van der Waals surface area contributed by atoms with Gasteiger partial charge in [-0.1, -0.05) is 144 Å². The number of hydrogen-bond acceptors (Lipinski definition) is 3. The zero-order valence-electron chi connectivity index (χ0n) is 28.5. The fourth-order valence-electron chi connectivity index (χ4n) is 8.20. The van der Waals surface area contributed by atoms with Gasteiger partial charge in [-0.2, -0.15) is 0 Å². The highest BCUT2D eigenvalue weighted by atomic mass is 16.5. The summed E-state index contributed by atoms with van der Waals surface area (Å²) >= 11 is 0. The van der Waals surface area contributed by atoms with E-state index in [0.717, 1.165) is 46.5 Å². The first-order chi connectivity index (χ1) is 23.1. The third kappa shape index (κ3) is 4.99. The fraction of sp³-hybridized carbons (Fsp3) is 0.267. The van der Waals surface area contributed by atoms with Gasteiger partial charge in [0.15, 0.2) is 0 Å². The maximum absolute atomic E-state index is 14.8. The Bertz CT molecular complexity index is 1970. The highest BCUT2D eigenvalue weighted by molar-refractivity contribution is 5.94. The normalized spacial score (nSPS) is 17.2. The molecule has 2 aliphatic carbocycles. The number of nitrogens with zero attached hydrogens (tertiary/aromatic N) is 1. The van der Waals surface area contributed by atoms with Crippen molar-refractivity contribution < 1.29 is 9.53 Å². The molecule has 48 heavy (non-hydrogen) atoms. The molecule has 8 rings (SSSR count). The van der Waals surface area contributed by atoms with Crippen LogP contribution in [-0.4, -0.2) is 18.6 Å². The van der Waals surface area contributed by atoms with Crippen molar-refractivity contribution in [2.45, 2.75) is 64.4 Å². The van der Waals surface area contributed by atoms with Crippen molar-refractivity contribution in [3.05, 3.63) is 161 Å². The Morgan fingerprint density at radius 3 is 1.65 bits per heavy atom. The van der Waals surface area contributed by atoms with Crippen molar-refractivity contribution in [3.8, 4) is 22.3 Å². The topological polar surface area (TPSA) is 29.5 Å². The van der Waals surface area contributed by atoms with Crippen LogP contribution in [-0.2, 0) is 14.9 Å². The molecule has 3 aliphatic rings. The predicted octanol–water partition coefficient (Wildman–Crippen LogP) is 10.6. The molecular formula is C45H43NO2. The zero-order valence-corrected chi connectivity index (χ0v) is 28.5. The smallest absolute Gasteiger partial charge is 0.318 e. The second kappa shape index (κ2) is 11.4. The molecule has 0 saturated carbocycles. The number of ether oxygens (including phenoxy) is 1. The Labute approximate surface area is 284 Å². The summed E-state index contributed by atoms with van der Waals surface area (Å²) in [5.74, 6) is -0.787. The van der Waals surface area contributed by atoms with Crippen molar-refractivity contribution in [2.75, 3.05) is 11.4 Å². The van der Waals surface area contributed by atoms with E-state index in [1.54, 1.807) is 0 Å². The third-order valence-corrected chi connectivity index (χ3v) is 10.9. The van der Waals surface area contributed by atoms with Crippen molar-refractivity contribution in [2.24, 2.45) is 5.41 Å². The molecule has 0 aromatic heterocycles. The van der Waals surface area contributed by atoms with Crippen LogP contribution in [0.5, 0.6) is 0 Å². The number of carbonyl (C=O) groups is 1. The Morgan fingerprint density at radius 1 is 0.688 bits per heavy atom. The minimum atomic E-state index is -0.492. The van der Waals surface area contributed by atoms with E-state index in [4.69, 9.17) is 4.74 Å². The summed E-state index contributed by atoms with van der Waals surface area (Å²) in [5, 5.41) is 0. The summed E-state index contributed by atoms with van der Waals surface area (Å²) in [7, 11) is 0. The lowest BCUT2D eigenvalue weighted by atomic mass is 9.72. The van der Waals surface area contributed by atoms with Gasteiger partial charge in [0.25, 0.3) is 0 Å². The molecule has 0 saturated heterocycles. The molecule has 5 aromatic carbocycles. The first-order valence-electron chi connectivity index (χ1n) is 17.3.